The zero-order valence-electron chi connectivity index (χ0n) is 12.7. The van der Waals surface area contributed by atoms with Crippen molar-refractivity contribution in [1.29, 1.82) is 0 Å². The van der Waals surface area contributed by atoms with Gasteiger partial charge in [-0.2, -0.15) is 0 Å². The van der Waals surface area contributed by atoms with E-state index in [9.17, 15) is 8.42 Å². The summed E-state index contributed by atoms with van der Waals surface area (Å²) in [6.07, 6.45) is 2.18. The Morgan fingerprint density at radius 3 is 2.71 bits per heavy atom. The highest BCUT2D eigenvalue weighted by Crippen LogP contribution is 2.16. The van der Waals surface area contributed by atoms with E-state index in [1.807, 2.05) is 6.92 Å². The lowest BCUT2D eigenvalue weighted by molar-refractivity contribution is 0.117. The summed E-state index contributed by atoms with van der Waals surface area (Å²) < 4.78 is 32.6. The van der Waals surface area contributed by atoms with Gasteiger partial charge in [0.2, 0.25) is 0 Å². The van der Waals surface area contributed by atoms with Crippen molar-refractivity contribution >= 4 is 10.0 Å². The van der Waals surface area contributed by atoms with E-state index in [1.54, 1.807) is 18.3 Å². The van der Waals surface area contributed by atoms with Gasteiger partial charge in [-0.25, -0.2) is 18.1 Å². The fourth-order valence-corrected chi connectivity index (χ4v) is 3.41. The third kappa shape index (κ3) is 4.47. The Bertz CT molecular complexity index is 557. The van der Waals surface area contributed by atoms with Crippen LogP contribution < -0.4 is 10.0 Å². The Balaban J connectivity index is 2.03. The van der Waals surface area contributed by atoms with Gasteiger partial charge in [0.15, 0.2) is 5.03 Å². The van der Waals surface area contributed by atoms with Gasteiger partial charge in [-0.05, 0) is 25.0 Å². The third-order valence-electron chi connectivity index (χ3n) is 3.47. The maximum atomic E-state index is 12.3. The van der Waals surface area contributed by atoms with E-state index < -0.39 is 10.0 Å². The van der Waals surface area contributed by atoms with E-state index in [1.165, 1.54) is 0 Å². The Hall–Kier alpha value is -1.02. The van der Waals surface area contributed by atoms with Crippen molar-refractivity contribution in [2.75, 3.05) is 6.61 Å². The Morgan fingerprint density at radius 1 is 1.43 bits per heavy atom. The number of rotatable bonds is 6. The van der Waals surface area contributed by atoms with Crippen LogP contribution in [0.2, 0.25) is 0 Å². The maximum absolute atomic E-state index is 12.3. The predicted molar refractivity (Wildman–Crippen MR) is 80.4 cm³/mol. The molecule has 0 amide bonds. The van der Waals surface area contributed by atoms with E-state index >= 15 is 0 Å². The Morgan fingerprint density at radius 2 is 2.19 bits per heavy atom. The SMILES string of the molecule is CC(C)NCc1ccc(S(=O)(=O)NC2CCOC2C)nc1. The van der Waals surface area contributed by atoms with Crippen LogP contribution in [0.5, 0.6) is 0 Å². The van der Waals surface area contributed by atoms with Crippen molar-refractivity contribution in [3.8, 4) is 0 Å². The molecule has 7 heteroatoms. The average molecular weight is 313 g/mol. The molecule has 1 aromatic rings. The minimum atomic E-state index is -3.59. The molecule has 1 aliphatic heterocycles. The van der Waals surface area contributed by atoms with Gasteiger partial charge in [-0.3, -0.25) is 0 Å². The van der Waals surface area contributed by atoms with E-state index in [2.05, 4.69) is 28.9 Å². The molecule has 0 bridgehead atoms. The first-order chi connectivity index (χ1) is 9.88. The van der Waals surface area contributed by atoms with Gasteiger partial charge >= 0.3 is 0 Å². The largest absolute Gasteiger partial charge is 0.377 e. The monoisotopic (exact) mass is 313 g/mol. The number of hydrogen-bond donors (Lipinski definition) is 2. The second-order valence-electron chi connectivity index (χ2n) is 5.63. The van der Waals surface area contributed by atoms with Crippen LogP contribution in [-0.4, -0.2) is 38.2 Å². The number of hydrogen-bond acceptors (Lipinski definition) is 5. The molecule has 2 heterocycles. The fourth-order valence-electron chi connectivity index (χ4n) is 2.14. The molecule has 0 aromatic carbocycles. The molecule has 0 saturated carbocycles. The number of nitrogens with one attached hydrogen (secondary N) is 2. The summed E-state index contributed by atoms with van der Waals surface area (Å²) in [5.74, 6) is 0. The maximum Gasteiger partial charge on any atom is 0.258 e. The van der Waals surface area contributed by atoms with Crippen LogP contribution in [0, 0.1) is 0 Å². The van der Waals surface area contributed by atoms with Crippen molar-refractivity contribution in [3.05, 3.63) is 23.9 Å². The molecule has 1 aromatic heterocycles. The summed E-state index contributed by atoms with van der Waals surface area (Å²) in [7, 11) is -3.59. The van der Waals surface area contributed by atoms with Crippen LogP contribution in [0.4, 0.5) is 0 Å². The van der Waals surface area contributed by atoms with Gasteiger partial charge in [0.25, 0.3) is 10.0 Å². The first-order valence-electron chi connectivity index (χ1n) is 7.21. The van der Waals surface area contributed by atoms with Crippen molar-refractivity contribution in [3.63, 3.8) is 0 Å². The van der Waals surface area contributed by atoms with Gasteiger partial charge in [0.1, 0.15) is 0 Å². The highest BCUT2D eigenvalue weighted by Gasteiger charge is 2.29. The highest BCUT2D eigenvalue weighted by molar-refractivity contribution is 7.89. The molecule has 2 N–H and O–H groups in total. The lowest BCUT2D eigenvalue weighted by Gasteiger charge is -2.16. The predicted octanol–water partition coefficient (Wildman–Crippen LogP) is 1.04. The standard InChI is InChI=1S/C14H23N3O3S/c1-10(2)15-8-12-4-5-14(16-9-12)21(18,19)17-13-6-7-20-11(13)3/h4-5,9-11,13,15,17H,6-8H2,1-3H3. The van der Waals surface area contributed by atoms with E-state index in [4.69, 9.17) is 4.74 Å². The summed E-state index contributed by atoms with van der Waals surface area (Å²) in [5.41, 5.74) is 0.959. The summed E-state index contributed by atoms with van der Waals surface area (Å²) in [6, 6.07) is 3.52. The van der Waals surface area contributed by atoms with Crippen LogP contribution >= 0.6 is 0 Å². The lowest BCUT2D eigenvalue weighted by Crippen LogP contribution is -2.39. The van der Waals surface area contributed by atoms with E-state index in [0.717, 1.165) is 5.56 Å². The van der Waals surface area contributed by atoms with Crippen LogP contribution in [-0.2, 0) is 21.3 Å². The highest BCUT2D eigenvalue weighted by atomic mass is 32.2. The van der Waals surface area contributed by atoms with Crippen LogP contribution in [0.3, 0.4) is 0 Å². The molecule has 6 nitrogen and oxygen atoms in total. The number of aromatic nitrogens is 1. The topological polar surface area (TPSA) is 80.3 Å². The number of ether oxygens (including phenoxy) is 1. The van der Waals surface area contributed by atoms with Gasteiger partial charge in [-0.1, -0.05) is 19.9 Å². The summed E-state index contributed by atoms with van der Waals surface area (Å²) >= 11 is 0. The van der Waals surface area contributed by atoms with Gasteiger partial charge in [0, 0.05) is 25.4 Å². The van der Waals surface area contributed by atoms with Crippen molar-refractivity contribution in [2.45, 2.75) is 57.0 Å². The molecule has 1 aliphatic rings. The molecule has 2 atom stereocenters. The molecule has 1 fully saturated rings. The van der Waals surface area contributed by atoms with E-state index in [0.29, 0.717) is 25.6 Å². The fraction of sp³-hybridized carbons (Fsp3) is 0.643. The van der Waals surface area contributed by atoms with Crippen molar-refractivity contribution in [2.24, 2.45) is 0 Å². The average Bonchev–Trinajstić information content (AvgIpc) is 2.82. The second kappa shape index (κ2) is 6.83. The van der Waals surface area contributed by atoms with Gasteiger partial charge in [0.05, 0.1) is 12.1 Å². The molecule has 0 radical (unpaired) electrons. The number of nitrogens with zero attached hydrogens (tertiary/aromatic N) is 1. The van der Waals surface area contributed by atoms with Crippen LogP contribution in [0.25, 0.3) is 0 Å². The quantitative estimate of drug-likeness (QED) is 0.820. The molecule has 0 aliphatic carbocycles. The molecular formula is C14H23N3O3S. The molecule has 118 valence electrons. The Labute approximate surface area is 126 Å². The van der Waals surface area contributed by atoms with Crippen molar-refractivity contribution in [1.82, 2.24) is 15.0 Å². The summed E-state index contributed by atoms with van der Waals surface area (Å²) in [6.45, 7) is 7.24. The number of pyridine rings is 1. The molecular weight excluding hydrogens is 290 g/mol. The first-order valence-corrected chi connectivity index (χ1v) is 8.69. The smallest absolute Gasteiger partial charge is 0.258 e. The first kappa shape index (κ1) is 16.4. The lowest BCUT2D eigenvalue weighted by atomic mass is 10.2. The van der Waals surface area contributed by atoms with Crippen molar-refractivity contribution < 1.29 is 13.2 Å². The molecule has 21 heavy (non-hydrogen) atoms. The van der Waals surface area contributed by atoms with Gasteiger partial charge in [-0.15, -0.1) is 0 Å². The molecule has 2 rings (SSSR count). The van der Waals surface area contributed by atoms with E-state index in [-0.39, 0.29) is 17.2 Å². The van der Waals surface area contributed by atoms with Gasteiger partial charge < -0.3 is 10.1 Å². The third-order valence-corrected chi connectivity index (χ3v) is 4.88. The molecule has 2 unspecified atom stereocenters. The molecule has 0 spiro atoms. The zero-order chi connectivity index (χ0) is 15.5. The zero-order valence-corrected chi connectivity index (χ0v) is 13.5. The number of sulfonamides is 1. The minimum Gasteiger partial charge on any atom is -0.377 e. The molecule has 1 saturated heterocycles. The normalized spacial score (nSPS) is 22.9. The summed E-state index contributed by atoms with van der Waals surface area (Å²) in [5, 5.41) is 3.31. The second-order valence-corrected chi connectivity index (χ2v) is 7.29. The summed E-state index contributed by atoms with van der Waals surface area (Å²) in [4.78, 5) is 4.06. The Kier molecular flexibility index (Phi) is 5.32. The van der Waals surface area contributed by atoms with Crippen LogP contribution in [0.15, 0.2) is 23.4 Å². The van der Waals surface area contributed by atoms with Crippen LogP contribution in [0.1, 0.15) is 32.8 Å². The minimum absolute atomic E-state index is 0.0508.